The number of nitrogens with zero attached hydrogens (tertiary/aromatic N) is 2. The van der Waals surface area contributed by atoms with Crippen molar-refractivity contribution in [2.24, 2.45) is 0 Å². The predicted molar refractivity (Wildman–Crippen MR) is 107 cm³/mol. The van der Waals surface area contributed by atoms with Crippen LogP contribution in [-0.2, 0) is 9.59 Å². The van der Waals surface area contributed by atoms with Gasteiger partial charge in [0.15, 0.2) is 0 Å². The summed E-state index contributed by atoms with van der Waals surface area (Å²) >= 11 is 5.90. The molecule has 29 heavy (non-hydrogen) atoms. The Morgan fingerprint density at radius 2 is 1.69 bits per heavy atom. The van der Waals surface area contributed by atoms with E-state index in [2.05, 4.69) is 4.98 Å². The summed E-state index contributed by atoms with van der Waals surface area (Å²) in [6, 6.07) is 15.6. The fraction of sp³-hybridized carbons (Fsp3) is 0.0455. The highest BCUT2D eigenvalue weighted by Gasteiger charge is 2.47. The molecule has 0 saturated carbocycles. The molecule has 2 aromatic carbocycles. The molecule has 1 fully saturated rings. The number of benzene rings is 2. The van der Waals surface area contributed by atoms with Gasteiger partial charge in [-0.2, -0.15) is 0 Å². The zero-order chi connectivity index (χ0) is 20.5. The van der Waals surface area contributed by atoms with E-state index in [0.29, 0.717) is 16.1 Å². The molecule has 5 nitrogen and oxygen atoms in total. The SMILES string of the molecule is O=C1C(=O)N(c2ccccn2)C(c2ccc(F)cc2)/C1=C(/O)c1ccc(Cl)cc1. The lowest BCUT2D eigenvalue weighted by Crippen LogP contribution is -2.30. The molecule has 1 aliphatic rings. The summed E-state index contributed by atoms with van der Waals surface area (Å²) < 4.78 is 13.5. The van der Waals surface area contributed by atoms with Crippen LogP contribution in [0.25, 0.3) is 5.76 Å². The van der Waals surface area contributed by atoms with Gasteiger partial charge in [-0.3, -0.25) is 14.5 Å². The molecule has 1 aliphatic heterocycles. The summed E-state index contributed by atoms with van der Waals surface area (Å²) in [5.41, 5.74) is 0.696. The second-order valence-electron chi connectivity index (χ2n) is 6.42. The van der Waals surface area contributed by atoms with E-state index in [9.17, 15) is 19.1 Å². The molecule has 2 heterocycles. The van der Waals surface area contributed by atoms with Crippen molar-refractivity contribution >= 4 is 34.9 Å². The van der Waals surface area contributed by atoms with E-state index in [1.54, 1.807) is 42.5 Å². The number of Topliss-reactive ketones (excluding diaryl/α,β-unsaturated/α-hetero) is 1. The van der Waals surface area contributed by atoms with Gasteiger partial charge in [-0.25, -0.2) is 9.37 Å². The number of rotatable bonds is 3. The molecular weight excluding hydrogens is 395 g/mol. The Balaban J connectivity index is 1.94. The zero-order valence-corrected chi connectivity index (χ0v) is 15.7. The Morgan fingerprint density at radius 3 is 2.31 bits per heavy atom. The van der Waals surface area contributed by atoms with Gasteiger partial charge in [-0.05, 0) is 54.1 Å². The van der Waals surface area contributed by atoms with Crippen LogP contribution in [0.1, 0.15) is 17.2 Å². The van der Waals surface area contributed by atoms with E-state index in [1.165, 1.54) is 35.4 Å². The number of anilines is 1. The predicted octanol–water partition coefficient (Wildman–Crippen LogP) is 4.50. The van der Waals surface area contributed by atoms with E-state index in [0.717, 1.165) is 0 Å². The molecule has 7 heteroatoms. The molecule has 1 unspecified atom stereocenters. The third kappa shape index (κ3) is 3.39. The minimum Gasteiger partial charge on any atom is -0.507 e. The Labute approximate surface area is 170 Å². The summed E-state index contributed by atoms with van der Waals surface area (Å²) in [6.07, 6.45) is 1.50. The Hall–Kier alpha value is -3.51. The smallest absolute Gasteiger partial charge is 0.301 e. The van der Waals surface area contributed by atoms with Crippen LogP contribution in [-0.4, -0.2) is 21.8 Å². The average Bonchev–Trinajstić information content (AvgIpc) is 3.00. The monoisotopic (exact) mass is 408 g/mol. The molecule has 1 N–H and O–H groups in total. The lowest BCUT2D eigenvalue weighted by atomic mass is 9.95. The summed E-state index contributed by atoms with van der Waals surface area (Å²) in [6.45, 7) is 0. The second kappa shape index (κ2) is 7.48. The van der Waals surface area contributed by atoms with E-state index >= 15 is 0 Å². The number of carbonyl (C=O) groups is 2. The van der Waals surface area contributed by atoms with Gasteiger partial charge in [-0.1, -0.05) is 29.8 Å². The molecule has 0 aliphatic carbocycles. The minimum absolute atomic E-state index is 0.102. The van der Waals surface area contributed by atoms with Crippen molar-refractivity contribution in [1.29, 1.82) is 0 Å². The number of carbonyl (C=O) groups excluding carboxylic acids is 2. The van der Waals surface area contributed by atoms with Crippen molar-refractivity contribution in [3.63, 3.8) is 0 Å². The highest BCUT2D eigenvalue weighted by atomic mass is 35.5. The first-order valence-electron chi connectivity index (χ1n) is 8.71. The number of aliphatic hydroxyl groups is 1. The van der Waals surface area contributed by atoms with Crippen molar-refractivity contribution < 1.29 is 19.1 Å². The maximum absolute atomic E-state index is 13.5. The number of aromatic nitrogens is 1. The van der Waals surface area contributed by atoms with Crippen molar-refractivity contribution in [1.82, 2.24) is 4.98 Å². The Kier molecular flexibility index (Phi) is 4.86. The van der Waals surface area contributed by atoms with Crippen LogP contribution in [0, 0.1) is 5.82 Å². The number of halogens is 2. The number of ketones is 1. The third-order valence-electron chi connectivity index (χ3n) is 4.64. The summed E-state index contributed by atoms with van der Waals surface area (Å²) in [4.78, 5) is 31.1. The quantitative estimate of drug-likeness (QED) is 0.393. The average molecular weight is 409 g/mol. The molecule has 1 amide bonds. The van der Waals surface area contributed by atoms with Crippen molar-refractivity contribution in [2.75, 3.05) is 4.90 Å². The molecule has 1 atom stereocenters. The van der Waals surface area contributed by atoms with Gasteiger partial charge in [0.25, 0.3) is 5.78 Å². The first-order valence-corrected chi connectivity index (χ1v) is 9.08. The van der Waals surface area contributed by atoms with Gasteiger partial charge in [0.1, 0.15) is 17.4 Å². The molecular formula is C22H14ClFN2O3. The highest BCUT2D eigenvalue weighted by molar-refractivity contribution is 6.51. The topological polar surface area (TPSA) is 70.5 Å². The molecule has 0 bridgehead atoms. The number of aliphatic hydroxyl groups excluding tert-OH is 1. The van der Waals surface area contributed by atoms with Crippen molar-refractivity contribution in [3.05, 3.63) is 100 Å². The van der Waals surface area contributed by atoms with Crippen molar-refractivity contribution in [3.8, 4) is 0 Å². The summed E-state index contributed by atoms with van der Waals surface area (Å²) in [5.74, 6) is -2.22. The first kappa shape index (κ1) is 18.8. The number of amides is 1. The molecule has 144 valence electrons. The fourth-order valence-electron chi connectivity index (χ4n) is 3.29. The van der Waals surface area contributed by atoms with Gasteiger partial charge in [0.05, 0.1) is 11.6 Å². The van der Waals surface area contributed by atoms with Gasteiger partial charge in [-0.15, -0.1) is 0 Å². The van der Waals surface area contributed by atoms with Crippen LogP contribution in [0.2, 0.25) is 5.02 Å². The van der Waals surface area contributed by atoms with E-state index in [4.69, 9.17) is 11.6 Å². The first-order chi connectivity index (χ1) is 14.0. The van der Waals surface area contributed by atoms with Crippen LogP contribution < -0.4 is 4.90 Å². The summed E-state index contributed by atoms with van der Waals surface area (Å²) in [5, 5.41) is 11.4. The fourth-order valence-corrected chi connectivity index (χ4v) is 3.41. The van der Waals surface area contributed by atoms with Crippen molar-refractivity contribution in [2.45, 2.75) is 6.04 Å². The maximum atomic E-state index is 13.5. The minimum atomic E-state index is -0.957. The largest absolute Gasteiger partial charge is 0.507 e. The molecule has 1 saturated heterocycles. The van der Waals surface area contributed by atoms with Gasteiger partial charge >= 0.3 is 5.91 Å². The van der Waals surface area contributed by atoms with Crippen LogP contribution in [0.5, 0.6) is 0 Å². The van der Waals surface area contributed by atoms with Crippen LogP contribution in [0.4, 0.5) is 10.2 Å². The molecule has 4 rings (SSSR count). The third-order valence-corrected chi connectivity index (χ3v) is 4.90. The highest BCUT2D eigenvalue weighted by Crippen LogP contribution is 2.41. The van der Waals surface area contributed by atoms with E-state index < -0.39 is 23.5 Å². The number of hydrogen-bond acceptors (Lipinski definition) is 4. The lowest BCUT2D eigenvalue weighted by molar-refractivity contribution is -0.132. The van der Waals surface area contributed by atoms with E-state index in [-0.39, 0.29) is 17.2 Å². The Bertz CT molecular complexity index is 1110. The molecule has 0 radical (unpaired) electrons. The zero-order valence-electron chi connectivity index (χ0n) is 14.9. The molecule has 1 aromatic heterocycles. The van der Waals surface area contributed by atoms with Gasteiger partial charge in [0, 0.05) is 16.8 Å². The summed E-state index contributed by atoms with van der Waals surface area (Å²) in [7, 11) is 0. The number of pyridine rings is 1. The van der Waals surface area contributed by atoms with Gasteiger partial charge in [0.2, 0.25) is 0 Å². The lowest BCUT2D eigenvalue weighted by Gasteiger charge is -2.24. The normalized spacial score (nSPS) is 18.3. The van der Waals surface area contributed by atoms with E-state index in [1.807, 2.05) is 0 Å². The molecule has 3 aromatic rings. The van der Waals surface area contributed by atoms with Crippen LogP contribution in [0.3, 0.4) is 0 Å². The van der Waals surface area contributed by atoms with Crippen LogP contribution >= 0.6 is 11.6 Å². The standard InChI is InChI=1S/C22H14ClFN2O3/c23-15-8-4-14(5-9-15)20(27)18-19(13-6-10-16(24)11-7-13)26(22(29)21(18)28)17-3-1-2-12-25-17/h1-12,19,27H/b20-18-. The van der Waals surface area contributed by atoms with Gasteiger partial charge < -0.3 is 5.11 Å². The maximum Gasteiger partial charge on any atom is 0.301 e. The number of hydrogen-bond donors (Lipinski definition) is 1. The molecule has 0 spiro atoms. The second-order valence-corrected chi connectivity index (χ2v) is 6.85. The van der Waals surface area contributed by atoms with Crippen LogP contribution in [0.15, 0.2) is 78.5 Å². The Morgan fingerprint density at radius 1 is 1.00 bits per heavy atom.